The first kappa shape index (κ1) is 11.4. The molecule has 3 heteroatoms. The van der Waals surface area contributed by atoms with Gasteiger partial charge in [-0.2, -0.15) is 0 Å². The molecule has 1 saturated carbocycles. The van der Waals surface area contributed by atoms with Gasteiger partial charge in [0.25, 0.3) is 0 Å². The molecule has 0 aromatic rings. The predicted octanol–water partition coefficient (Wildman–Crippen LogP) is 0.996. The van der Waals surface area contributed by atoms with Gasteiger partial charge in [-0.1, -0.05) is 12.8 Å². The normalized spacial score (nSPS) is 28.4. The lowest BCUT2D eigenvalue weighted by atomic mass is 9.86. The lowest BCUT2D eigenvalue weighted by molar-refractivity contribution is 0.0351. The Balaban J connectivity index is 1.84. The molecule has 1 aliphatic heterocycles. The van der Waals surface area contributed by atoms with E-state index in [4.69, 9.17) is 0 Å². The summed E-state index contributed by atoms with van der Waals surface area (Å²) in [5, 5.41) is 19.0. The van der Waals surface area contributed by atoms with Crippen LogP contribution in [0.5, 0.6) is 0 Å². The Kier molecular flexibility index (Phi) is 3.65. The van der Waals surface area contributed by atoms with Gasteiger partial charge in [-0.25, -0.2) is 0 Å². The largest absolute Gasteiger partial charge is 0.396 e. The molecule has 88 valence electrons. The summed E-state index contributed by atoms with van der Waals surface area (Å²) in [4.78, 5) is 2.42. The van der Waals surface area contributed by atoms with Gasteiger partial charge in [-0.15, -0.1) is 0 Å². The second kappa shape index (κ2) is 4.81. The summed E-state index contributed by atoms with van der Waals surface area (Å²) >= 11 is 0. The first-order valence-corrected chi connectivity index (χ1v) is 6.25. The van der Waals surface area contributed by atoms with Gasteiger partial charge in [0, 0.05) is 31.7 Å². The maximum Gasteiger partial charge on any atom is 0.0564 e. The number of aliphatic hydroxyl groups excluding tert-OH is 2. The zero-order chi connectivity index (χ0) is 10.7. The Bertz CT molecular complexity index is 194. The lowest BCUT2D eigenvalue weighted by Crippen LogP contribution is -2.43. The highest BCUT2D eigenvalue weighted by Gasteiger charge is 2.35. The van der Waals surface area contributed by atoms with E-state index >= 15 is 0 Å². The van der Waals surface area contributed by atoms with Gasteiger partial charge in [0.2, 0.25) is 0 Å². The number of rotatable bonds is 3. The second-order valence-electron chi connectivity index (χ2n) is 5.37. The van der Waals surface area contributed by atoms with Crippen LogP contribution in [0.4, 0.5) is 0 Å². The van der Waals surface area contributed by atoms with Gasteiger partial charge >= 0.3 is 0 Å². The van der Waals surface area contributed by atoms with Crippen molar-refractivity contribution in [1.29, 1.82) is 0 Å². The third-order valence-electron chi connectivity index (χ3n) is 4.12. The van der Waals surface area contributed by atoms with E-state index in [1.54, 1.807) is 0 Å². The van der Waals surface area contributed by atoms with Crippen molar-refractivity contribution in [3.8, 4) is 0 Å². The zero-order valence-corrected chi connectivity index (χ0v) is 9.49. The van der Waals surface area contributed by atoms with Crippen molar-refractivity contribution in [2.24, 2.45) is 5.41 Å². The van der Waals surface area contributed by atoms with Crippen LogP contribution in [0.3, 0.4) is 0 Å². The van der Waals surface area contributed by atoms with E-state index in [2.05, 4.69) is 4.90 Å². The van der Waals surface area contributed by atoms with E-state index in [0.717, 1.165) is 32.5 Å². The summed E-state index contributed by atoms with van der Waals surface area (Å²) in [5.74, 6) is 0. The molecule has 1 saturated heterocycles. The van der Waals surface area contributed by atoms with Crippen LogP contribution in [-0.4, -0.2) is 47.5 Å². The fourth-order valence-electron chi connectivity index (χ4n) is 3.04. The number of nitrogens with zero attached hydrogens (tertiary/aromatic N) is 1. The van der Waals surface area contributed by atoms with Gasteiger partial charge < -0.3 is 15.1 Å². The van der Waals surface area contributed by atoms with Crippen molar-refractivity contribution in [2.45, 2.75) is 44.6 Å². The van der Waals surface area contributed by atoms with Crippen LogP contribution >= 0.6 is 0 Å². The Morgan fingerprint density at radius 2 is 1.73 bits per heavy atom. The van der Waals surface area contributed by atoms with Crippen LogP contribution in [0.25, 0.3) is 0 Å². The number of likely N-dealkylation sites (tertiary alicyclic amines) is 1. The molecule has 0 unspecified atom stereocenters. The summed E-state index contributed by atoms with van der Waals surface area (Å²) in [5.41, 5.74) is 0.183. The van der Waals surface area contributed by atoms with Crippen LogP contribution in [0.1, 0.15) is 38.5 Å². The van der Waals surface area contributed by atoms with Crippen LogP contribution in [0.2, 0.25) is 0 Å². The molecular formula is C12H23NO2. The molecule has 1 aliphatic carbocycles. The van der Waals surface area contributed by atoms with E-state index in [9.17, 15) is 10.2 Å². The Morgan fingerprint density at radius 3 is 2.27 bits per heavy atom. The summed E-state index contributed by atoms with van der Waals surface area (Å²) in [6, 6.07) is 0. The number of piperidine rings is 1. The molecule has 15 heavy (non-hydrogen) atoms. The first-order chi connectivity index (χ1) is 7.24. The van der Waals surface area contributed by atoms with Crippen LogP contribution in [-0.2, 0) is 0 Å². The molecule has 0 bridgehead atoms. The molecule has 2 fully saturated rings. The minimum absolute atomic E-state index is 0.0881. The summed E-state index contributed by atoms with van der Waals surface area (Å²) in [6.07, 6.45) is 6.64. The first-order valence-electron chi connectivity index (χ1n) is 6.25. The maximum atomic E-state index is 9.52. The minimum Gasteiger partial charge on any atom is -0.396 e. The molecule has 0 aromatic carbocycles. The molecule has 2 aliphatic rings. The van der Waals surface area contributed by atoms with Crippen molar-refractivity contribution in [1.82, 2.24) is 4.90 Å². The number of hydrogen-bond donors (Lipinski definition) is 2. The molecular weight excluding hydrogens is 190 g/mol. The minimum atomic E-state index is -0.0881. The molecule has 1 heterocycles. The Hall–Kier alpha value is -0.120. The third kappa shape index (κ3) is 2.71. The monoisotopic (exact) mass is 213 g/mol. The van der Waals surface area contributed by atoms with Crippen molar-refractivity contribution in [3.05, 3.63) is 0 Å². The van der Waals surface area contributed by atoms with Gasteiger partial charge in [-0.05, 0) is 25.7 Å². The number of hydrogen-bond acceptors (Lipinski definition) is 3. The van der Waals surface area contributed by atoms with Gasteiger partial charge in [0.15, 0.2) is 0 Å². The van der Waals surface area contributed by atoms with Crippen molar-refractivity contribution < 1.29 is 10.2 Å². The van der Waals surface area contributed by atoms with Crippen LogP contribution in [0, 0.1) is 5.41 Å². The quantitative estimate of drug-likeness (QED) is 0.735. The second-order valence-corrected chi connectivity index (χ2v) is 5.37. The fourth-order valence-corrected chi connectivity index (χ4v) is 3.04. The Labute approximate surface area is 92.1 Å². The zero-order valence-electron chi connectivity index (χ0n) is 9.49. The average Bonchev–Trinajstić information content (AvgIpc) is 2.71. The van der Waals surface area contributed by atoms with E-state index in [1.807, 2.05) is 0 Å². The van der Waals surface area contributed by atoms with E-state index in [0.29, 0.717) is 6.61 Å². The Morgan fingerprint density at radius 1 is 1.13 bits per heavy atom. The molecule has 0 spiro atoms. The van der Waals surface area contributed by atoms with Crippen LogP contribution in [0.15, 0.2) is 0 Å². The smallest absolute Gasteiger partial charge is 0.0564 e. The lowest BCUT2D eigenvalue weighted by Gasteiger charge is -2.37. The molecule has 3 nitrogen and oxygen atoms in total. The molecule has 0 atom stereocenters. The highest BCUT2D eigenvalue weighted by atomic mass is 16.3. The van der Waals surface area contributed by atoms with Gasteiger partial charge in [0.1, 0.15) is 0 Å². The summed E-state index contributed by atoms with van der Waals surface area (Å²) in [6.45, 7) is 3.38. The fraction of sp³-hybridized carbons (Fsp3) is 1.00. The highest BCUT2D eigenvalue weighted by Crippen LogP contribution is 2.38. The van der Waals surface area contributed by atoms with E-state index in [1.165, 1.54) is 25.7 Å². The molecule has 2 N–H and O–H groups in total. The SMILES string of the molecule is OCC1(CN2CCC(O)CC2)CCCC1. The highest BCUT2D eigenvalue weighted by molar-refractivity contribution is 4.88. The molecule has 0 amide bonds. The van der Waals surface area contributed by atoms with Crippen molar-refractivity contribution in [3.63, 3.8) is 0 Å². The molecule has 2 rings (SSSR count). The van der Waals surface area contributed by atoms with Crippen molar-refractivity contribution >= 4 is 0 Å². The summed E-state index contributed by atoms with van der Waals surface area (Å²) in [7, 11) is 0. The van der Waals surface area contributed by atoms with Crippen LogP contribution < -0.4 is 0 Å². The third-order valence-corrected chi connectivity index (χ3v) is 4.12. The maximum absolute atomic E-state index is 9.52. The standard InChI is InChI=1S/C12H23NO2/c14-10-12(5-1-2-6-12)9-13-7-3-11(15)4-8-13/h11,14-15H,1-10H2. The topological polar surface area (TPSA) is 43.7 Å². The molecule has 0 radical (unpaired) electrons. The van der Waals surface area contributed by atoms with E-state index in [-0.39, 0.29) is 11.5 Å². The average molecular weight is 213 g/mol. The van der Waals surface area contributed by atoms with E-state index < -0.39 is 0 Å². The van der Waals surface area contributed by atoms with Gasteiger partial charge in [0.05, 0.1) is 6.10 Å². The number of aliphatic hydroxyl groups is 2. The molecule has 0 aromatic heterocycles. The summed E-state index contributed by atoms with van der Waals surface area (Å²) < 4.78 is 0. The predicted molar refractivity (Wildman–Crippen MR) is 59.7 cm³/mol. The van der Waals surface area contributed by atoms with Crippen molar-refractivity contribution in [2.75, 3.05) is 26.2 Å². The van der Waals surface area contributed by atoms with Gasteiger partial charge in [-0.3, -0.25) is 0 Å².